The molecule has 0 saturated heterocycles. The van der Waals surface area contributed by atoms with E-state index in [0.29, 0.717) is 32.8 Å². The maximum atomic E-state index is 5.78. The highest BCUT2D eigenvalue weighted by Crippen LogP contribution is 2.31. The van der Waals surface area contributed by atoms with Crippen molar-refractivity contribution in [3.8, 4) is 23.8 Å². The third-order valence-electron chi connectivity index (χ3n) is 2.65. The lowest BCUT2D eigenvalue weighted by Crippen LogP contribution is -2.19. The van der Waals surface area contributed by atoms with Crippen LogP contribution in [0.1, 0.15) is 18.9 Å². The van der Waals surface area contributed by atoms with E-state index in [2.05, 4.69) is 11.2 Å². The van der Waals surface area contributed by atoms with Crippen LogP contribution in [-0.4, -0.2) is 33.5 Å². The molecule has 0 aliphatic carbocycles. The van der Waals surface area contributed by atoms with Crippen LogP contribution in [0.3, 0.4) is 0 Å². The van der Waals surface area contributed by atoms with Crippen LogP contribution < -0.4 is 14.8 Å². The molecule has 0 saturated carbocycles. The van der Waals surface area contributed by atoms with Gasteiger partial charge in [0.2, 0.25) is 0 Å². The molecule has 110 valence electrons. The Kier molecular flexibility index (Phi) is 8.28. The quantitative estimate of drug-likeness (QED) is 0.526. The van der Waals surface area contributed by atoms with Gasteiger partial charge in [-0.2, -0.15) is 0 Å². The average molecular weight is 277 g/mol. The minimum absolute atomic E-state index is 0.492. The van der Waals surface area contributed by atoms with Crippen LogP contribution in [0.15, 0.2) is 18.2 Å². The summed E-state index contributed by atoms with van der Waals surface area (Å²) in [5.74, 6) is 4.10. The fourth-order valence-electron chi connectivity index (χ4n) is 1.74. The molecule has 0 radical (unpaired) electrons. The summed E-state index contributed by atoms with van der Waals surface area (Å²) < 4.78 is 16.4. The van der Waals surface area contributed by atoms with Crippen molar-refractivity contribution in [3.63, 3.8) is 0 Å². The second kappa shape index (κ2) is 10.1. The number of hydrogen-bond donors (Lipinski definition) is 1. The van der Waals surface area contributed by atoms with E-state index in [1.807, 2.05) is 25.1 Å². The van der Waals surface area contributed by atoms with E-state index in [1.165, 1.54) is 0 Å². The van der Waals surface area contributed by atoms with Crippen LogP contribution in [0.2, 0.25) is 0 Å². The van der Waals surface area contributed by atoms with E-state index in [1.54, 1.807) is 7.11 Å². The smallest absolute Gasteiger partial charge is 0.165 e. The van der Waals surface area contributed by atoms with Gasteiger partial charge in [-0.25, -0.2) is 0 Å². The highest BCUT2D eigenvalue weighted by Gasteiger charge is 2.10. The summed E-state index contributed by atoms with van der Waals surface area (Å²) in [5.41, 5.74) is 1.06. The third-order valence-corrected chi connectivity index (χ3v) is 2.65. The first kappa shape index (κ1) is 16.4. The van der Waals surface area contributed by atoms with Crippen molar-refractivity contribution in [3.05, 3.63) is 23.8 Å². The molecular weight excluding hydrogens is 254 g/mol. The van der Waals surface area contributed by atoms with Gasteiger partial charge < -0.3 is 19.5 Å². The van der Waals surface area contributed by atoms with Crippen molar-refractivity contribution in [2.45, 2.75) is 19.9 Å². The second-order valence-corrected chi connectivity index (χ2v) is 4.15. The molecule has 4 heteroatoms. The molecule has 0 bridgehead atoms. The zero-order chi connectivity index (χ0) is 14.6. The van der Waals surface area contributed by atoms with Gasteiger partial charge in [0.25, 0.3) is 0 Å². The molecule has 0 aromatic heterocycles. The molecule has 0 amide bonds. The predicted molar refractivity (Wildman–Crippen MR) is 80.1 cm³/mol. The molecule has 0 aliphatic rings. The molecule has 1 N–H and O–H groups in total. The zero-order valence-corrected chi connectivity index (χ0v) is 12.3. The largest absolute Gasteiger partial charge is 0.490 e. The van der Waals surface area contributed by atoms with Crippen molar-refractivity contribution in [2.75, 3.05) is 33.5 Å². The summed E-state index contributed by atoms with van der Waals surface area (Å²) in [4.78, 5) is 0. The lowest BCUT2D eigenvalue weighted by atomic mass is 10.2. The van der Waals surface area contributed by atoms with Gasteiger partial charge >= 0.3 is 0 Å². The van der Waals surface area contributed by atoms with Crippen LogP contribution in [0.25, 0.3) is 0 Å². The second-order valence-electron chi connectivity index (χ2n) is 4.15. The van der Waals surface area contributed by atoms with Gasteiger partial charge in [-0.3, -0.25) is 0 Å². The summed E-state index contributed by atoms with van der Waals surface area (Å²) >= 11 is 0. The van der Waals surface area contributed by atoms with Crippen LogP contribution in [0.4, 0.5) is 0 Å². The van der Waals surface area contributed by atoms with Crippen molar-refractivity contribution >= 4 is 0 Å². The zero-order valence-electron chi connectivity index (χ0n) is 12.3. The fraction of sp³-hybridized carbons (Fsp3) is 0.500. The van der Waals surface area contributed by atoms with Crippen molar-refractivity contribution in [2.24, 2.45) is 0 Å². The Balaban J connectivity index is 2.73. The average Bonchev–Trinajstić information content (AvgIpc) is 2.46. The van der Waals surface area contributed by atoms with Crippen LogP contribution in [0.5, 0.6) is 11.5 Å². The maximum Gasteiger partial charge on any atom is 0.165 e. The highest BCUT2D eigenvalue weighted by atomic mass is 16.5. The lowest BCUT2D eigenvalue weighted by Gasteiger charge is -2.16. The lowest BCUT2D eigenvalue weighted by molar-refractivity contribution is 0.199. The van der Waals surface area contributed by atoms with Crippen LogP contribution >= 0.6 is 0 Å². The molecule has 0 heterocycles. The Labute approximate surface area is 121 Å². The van der Waals surface area contributed by atoms with E-state index in [9.17, 15) is 0 Å². The summed E-state index contributed by atoms with van der Waals surface area (Å²) in [6.45, 7) is 5.22. The van der Waals surface area contributed by atoms with Gasteiger partial charge in [0.15, 0.2) is 11.5 Å². The summed E-state index contributed by atoms with van der Waals surface area (Å²) in [6, 6.07) is 5.90. The number of nitrogens with one attached hydrogen (secondary N) is 1. The predicted octanol–water partition coefficient (Wildman–Crippen LogP) is 2.22. The Morgan fingerprint density at radius 2 is 2.10 bits per heavy atom. The van der Waals surface area contributed by atoms with E-state index >= 15 is 0 Å². The molecule has 20 heavy (non-hydrogen) atoms. The third kappa shape index (κ3) is 5.52. The Morgan fingerprint density at radius 1 is 1.25 bits per heavy atom. The van der Waals surface area contributed by atoms with Gasteiger partial charge in [0.05, 0.1) is 19.8 Å². The van der Waals surface area contributed by atoms with E-state index < -0.39 is 0 Å². The van der Waals surface area contributed by atoms with E-state index in [-0.39, 0.29) is 0 Å². The van der Waals surface area contributed by atoms with Crippen molar-refractivity contribution < 1.29 is 14.2 Å². The molecule has 1 aromatic carbocycles. The number of terminal acetylenes is 1. The molecule has 4 nitrogen and oxygen atoms in total. The molecular formula is C16H23NO3. The number of rotatable bonds is 10. The molecule has 0 fully saturated rings. The van der Waals surface area contributed by atoms with Crippen LogP contribution in [-0.2, 0) is 11.3 Å². The first-order valence-corrected chi connectivity index (χ1v) is 6.84. The standard InChI is InChI=1S/C16H23NO3/c1-4-6-11-20-16-14(13-17-10-12-18-3)8-7-9-15(16)19-5-2/h1,7-9,17H,5-6,10-13H2,2-3H3. The molecule has 0 spiro atoms. The molecule has 0 atom stereocenters. The van der Waals surface area contributed by atoms with Crippen molar-refractivity contribution in [1.29, 1.82) is 0 Å². The monoisotopic (exact) mass is 277 g/mol. The highest BCUT2D eigenvalue weighted by molar-refractivity contribution is 5.46. The van der Waals surface area contributed by atoms with Crippen LogP contribution in [0, 0.1) is 12.3 Å². The number of hydrogen-bond acceptors (Lipinski definition) is 4. The van der Waals surface area contributed by atoms with Crippen molar-refractivity contribution in [1.82, 2.24) is 5.32 Å². The first-order valence-electron chi connectivity index (χ1n) is 6.84. The summed E-state index contributed by atoms with van der Waals surface area (Å²) in [7, 11) is 1.69. The van der Waals surface area contributed by atoms with Gasteiger partial charge in [-0.15, -0.1) is 12.3 Å². The molecule has 1 aromatic rings. The van der Waals surface area contributed by atoms with Gasteiger partial charge in [-0.05, 0) is 13.0 Å². The number of para-hydroxylation sites is 1. The number of ether oxygens (including phenoxy) is 3. The van der Waals surface area contributed by atoms with Gasteiger partial charge in [0.1, 0.15) is 0 Å². The van der Waals surface area contributed by atoms with E-state index in [0.717, 1.165) is 23.6 Å². The molecule has 1 rings (SSSR count). The molecule has 0 unspecified atom stereocenters. The maximum absolute atomic E-state index is 5.78. The minimum Gasteiger partial charge on any atom is -0.490 e. The van der Waals surface area contributed by atoms with E-state index in [4.69, 9.17) is 20.6 Å². The summed E-state index contributed by atoms with van der Waals surface area (Å²) in [5, 5.41) is 3.30. The number of methoxy groups -OCH3 is 1. The van der Waals surface area contributed by atoms with Gasteiger partial charge in [-0.1, -0.05) is 12.1 Å². The SMILES string of the molecule is C#CCCOc1c(CNCCOC)cccc1OCC. The first-order chi connectivity index (χ1) is 9.83. The number of benzene rings is 1. The summed E-state index contributed by atoms with van der Waals surface area (Å²) in [6.07, 6.45) is 5.83. The Bertz CT molecular complexity index is 426. The Morgan fingerprint density at radius 3 is 2.80 bits per heavy atom. The van der Waals surface area contributed by atoms with Gasteiger partial charge in [0, 0.05) is 32.2 Å². The fourth-order valence-corrected chi connectivity index (χ4v) is 1.74. The Hall–Kier alpha value is -1.70. The normalized spacial score (nSPS) is 10.1. The minimum atomic E-state index is 0.492. The topological polar surface area (TPSA) is 39.7 Å². The molecule has 0 aliphatic heterocycles.